The molecule has 13 nitrogen and oxygen atoms in total. The van der Waals surface area contributed by atoms with Gasteiger partial charge in [0.05, 0.1) is 30.7 Å². The number of aliphatic hydroxyl groups excluding tert-OH is 1. The molecule has 1 aromatic rings. The van der Waals surface area contributed by atoms with Gasteiger partial charge in [-0.05, 0) is 76.7 Å². The van der Waals surface area contributed by atoms with E-state index < -0.39 is 59.9 Å². The Balaban J connectivity index is 3.21. The molecule has 8 atom stereocenters. The maximum atomic E-state index is 14.0. The third-order valence-corrected chi connectivity index (χ3v) is 10.8. The molecule has 1 aromatic carbocycles. The molecule has 0 heterocycles. The number of nitrogens with one attached hydrogen (secondary N) is 2. The summed E-state index contributed by atoms with van der Waals surface area (Å²) >= 11 is 1.50. The Morgan fingerprint density at radius 2 is 1.55 bits per heavy atom. The molecule has 0 radical (unpaired) electrons. The van der Waals surface area contributed by atoms with Gasteiger partial charge in [0, 0.05) is 32.0 Å². The smallest absolute Gasteiger partial charge is 0.334 e. The van der Waals surface area contributed by atoms with Crippen LogP contribution in [0.3, 0.4) is 0 Å². The fourth-order valence-corrected chi connectivity index (χ4v) is 6.63. The lowest BCUT2D eigenvalue weighted by molar-refractivity contribution is -0.154. The minimum Gasteiger partial charge on any atom is -0.449 e. The largest absolute Gasteiger partial charge is 0.449 e. The second-order valence-electron chi connectivity index (χ2n) is 15.7. The van der Waals surface area contributed by atoms with Gasteiger partial charge in [0.2, 0.25) is 17.7 Å². The molecule has 58 heavy (non-hydrogen) atoms. The van der Waals surface area contributed by atoms with Gasteiger partial charge in [0.15, 0.2) is 11.9 Å². The van der Waals surface area contributed by atoms with Crippen LogP contribution in [0.1, 0.15) is 94.1 Å². The van der Waals surface area contributed by atoms with Crippen LogP contribution in [0.4, 0.5) is 0 Å². The number of aliphatic hydroxyl groups is 1. The molecule has 3 N–H and O–H groups in total. The zero-order valence-corrected chi connectivity index (χ0v) is 37.8. The maximum Gasteiger partial charge on any atom is 0.334 e. The number of hydrogen-bond donors (Lipinski definition) is 3. The van der Waals surface area contributed by atoms with Crippen LogP contribution >= 0.6 is 11.8 Å². The molecule has 0 bridgehead atoms. The molecule has 0 aromatic heterocycles. The number of carbonyl (C=O) groups excluding carboxylic acids is 6. The second-order valence-corrected chi connectivity index (χ2v) is 16.5. The van der Waals surface area contributed by atoms with Gasteiger partial charge in [-0.15, -0.1) is 11.8 Å². The second kappa shape index (κ2) is 26.2. The average molecular weight is 831 g/mol. The molecular formula is C44H70N4O9S. The van der Waals surface area contributed by atoms with Crippen molar-refractivity contribution in [2.24, 2.45) is 17.8 Å². The van der Waals surface area contributed by atoms with E-state index in [4.69, 9.17) is 9.47 Å². The number of allylic oxidation sites excluding steroid dienone is 1. The van der Waals surface area contributed by atoms with Gasteiger partial charge in [-0.1, -0.05) is 83.5 Å². The Hall–Kier alpha value is -4.01. The summed E-state index contributed by atoms with van der Waals surface area (Å²) in [5.74, 6) is -3.11. The Labute approximate surface area is 351 Å². The maximum absolute atomic E-state index is 14.0. The minimum atomic E-state index is -1.21. The highest BCUT2D eigenvalue weighted by Crippen LogP contribution is 2.23. The molecular weight excluding hydrogens is 761 g/mol. The van der Waals surface area contributed by atoms with E-state index in [0.29, 0.717) is 18.8 Å². The lowest BCUT2D eigenvalue weighted by atomic mass is 9.90. The Kier molecular flexibility index (Phi) is 23.5. The fraction of sp³-hybridized carbons (Fsp3) is 0.636. The summed E-state index contributed by atoms with van der Waals surface area (Å²) in [6.07, 6.45) is 4.46. The average Bonchev–Trinajstić information content (AvgIpc) is 3.19. The van der Waals surface area contributed by atoms with Gasteiger partial charge in [-0.3, -0.25) is 24.0 Å². The number of thioether (sulfide) groups is 1. The first-order valence-electron chi connectivity index (χ1n) is 20.1. The Morgan fingerprint density at radius 3 is 2.09 bits per heavy atom. The number of nitrogens with zero attached hydrogens (tertiary/aromatic N) is 2. The van der Waals surface area contributed by atoms with Crippen LogP contribution in [0.2, 0.25) is 0 Å². The highest BCUT2D eigenvalue weighted by molar-refractivity contribution is 7.98. The Morgan fingerprint density at radius 1 is 0.931 bits per heavy atom. The monoisotopic (exact) mass is 830 g/mol. The van der Waals surface area contributed by atoms with Crippen molar-refractivity contribution < 1.29 is 43.3 Å². The van der Waals surface area contributed by atoms with Crippen LogP contribution in [0.15, 0.2) is 53.6 Å². The van der Waals surface area contributed by atoms with Crippen molar-refractivity contribution in [2.75, 3.05) is 32.8 Å². The lowest BCUT2D eigenvalue weighted by Crippen LogP contribution is -2.56. The molecule has 0 aliphatic rings. The molecule has 0 fully saturated rings. The number of Topliss-reactive ketones (excluding diaryl/α,β-unsaturated/α-hetero) is 1. The third-order valence-electron chi connectivity index (χ3n) is 10.4. The number of amides is 4. The van der Waals surface area contributed by atoms with E-state index >= 15 is 0 Å². The van der Waals surface area contributed by atoms with Crippen LogP contribution in [-0.4, -0.2) is 120 Å². The van der Waals surface area contributed by atoms with E-state index in [1.165, 1.54) is 49.5 Å². The molecule has 1 unspecified atom stereocenters. The zero-order chi connectivity index (χ0) is 44.3. The van der Waals surface area contributed by atoms with Gasteiger partial charge < -0.3 is 35.0 Å². The third kappa shape index (κ3) is 17.1. The molecule has 0 aliphatic heterocycles. The number of hydrogen-bond acceptors (Lipinski definition) is 10. The summed E-state index contributed by atoms with van der Waals surface area (Å²) in [6.45, 7) is 17.3. The predicted octanol–water partition coefficient (Wildman–Crippen LogP) is 5.10. The van der Waals surface area contributed by atoms with Gasteiger partial charge >= 0.3 is 5.97 Å². The number of benzene rings is 1. The summed E-state index contributed by atoms with van der Waals surface area (Å²) in [7, 11) is 2.93. The number of esters is 1. The highest BCUT2D eigenvalue weighted by atomic mass is 32.2. The number of carbonyl (C=O) groups is 6. The van der Waals surface area contributed by atoms with Crippen molar-refractivity contribution in [1.29, 1.82) is 0 Å². The van der Waals surface area contributed by atoms with Gasteiger partial charge in [0.1, 0.15) is 12.1 Å². The summed E-state index contributed by atoms with van der Waals surface area (Å²) in [4.78, 5) is 82.6. The van der Waals surface area contributed by atoms with Gasteiger partial charge in [0.25, 0.3) is 5.91 Å². The lowest BCUT2D eigenvalue weighted by Gasteiger charge is -2.33. The SMILES string of the molecule is C/C=C(\C)[C@@H](O)[C@H](C)[C@H](C/C=C(\C)C(=O)O[C@H](CC(C)C)C(=O)N[C@@H](C)C(=O)N(C)[C@H](Cc1ccccc1)C(=O)N(C)CC(=O)N[C@H](C(C)=O)C(C)CC)OCSC. The molecule has 326 valence electrons. The molecule has 4 amide bonds. The number of likely N-dealkylation sites (N-methyl/N-ethyl adjacent to an activating group) is 2. The van der Waals surface area contributed by atoms with Crippen molar-refractivity contribution >= 4 is 47.1 Å². The van der Waals surface area contributed by atoms with E-state index in [-0.39, 0.29) is 54.6 Å². The summed E-state index contributed by atoms with van der Waals surface area (Å²) in [5, 5.41) is 16.2. The van der Waals surface area contributed by atoms with Gasteiger partial charge in [-0.2, -0.15) is 0 Å². The van der Waals surface area contributed by atoms with Gasteiger partial charge in [-0.25, -0.2) is 4.79 Å². The van der Waals surface area contributed by atoms with Crippen LogP contribution in [0, 0.1) is 17.8 Å². The van der Waals surface area contributed by atoms with Crippen molar-refractivity contribution in [3.05, 3.63) is 59.2 Å². The first-order valence-corrected chi connectivity index (χ1v) is 21.5. The van der Waals surface area contributed by atoms with Crippen LogP contribution in [-0.2, 0) is 44.7 Å². The van der Waals surface area contributed by atoms with Crippen molar-refractivity contribution in [2.45, 2.75) is 131 Å². The number of rotatable bonds is 25. The molecule has 0 spiro atoms. The molecule has 0 aliphatic carbocycles. The van der Waals surface area contributed by atoms with E-state index in [9.17, 15) is 33.9 Å². The van der Waals surface area contributed by atoms with Crippen molar-refractivity contribution in [3.63, 3.8) is 0 Å². The van der Waals surface area contributed by atoms with E-state index in [0.717, 1.165) is 11.1 Å². The highest BCUT2D eigenvalue weighted by Gasteiger charge is 2.35. The molecule has 14 heteroatoms. The zero-order valence-electron chi connectivity index (χ0n) is 37.0. The minimum absolute atomic E-state index is 0.0421. The first-order chi connectivity index (χ1) is 27.2. The topological polar surface area (TPSA) is 172 Å². The summed E-state index contributed by atoms with van der Waals surface area (Å²) in [5.41, 5.74) is 1.86. The normalized spacial score (nSPS) is 16.2. The quantitative estimate of drug-likeness (QED) is 0.0521. The van der Waals surface area contributed by atoms with E-state index in [1.54, 1.807) is 13.0 Å². The first kappa shape index (κ1) is 52.0. The molecule has 1 rings (SSSR count). The van der Waals surface area contributed by atoms with Crippen molar-refractivity contribution in [3.8, 4) is 0 Å². The van der Waals surface area contributed by atoms with Crippen molar-refractivity contribution in [1.82, 2.24) is 20.4 Å². The fourth-order valence-electron chi connectivity index (χ4n) is 6.32. The molecule has 0 saturated carbocycles. The van der Waals surface area contributed by atoms with Crippen LogP contribution in [0.5, 0.6) is 0 Å². The summed E-state index contributed by atoms with van der Waals surface area (Å²) < 4.78 is 11.7. The number of ketones is 1. The standard InChI is InChI=1S/C44H70N4O9S/c1-14-28(5)39(33(10)49)46-38(50)25-47(11)43(54)35(24-34-19-17-16-18-20-34)48(12)42(53)32(9)45-41(52)37(23-27(3)4)57-44(55)30(7)21-22-36(56-26-58-13)31(8)40(51)29(6)15-2/h15-21,27-28,31-32,35-37,39-40,51H,14,22-26H2,1-13H3,(H,45,52)(H,46,50)/b29-15+,30-21+/t28?,31-,32+,35-,36+,37-,39+,40-/m1/s1. The summed E-state index contributed by atoms with van der Waals surface area (Å²) in [6, 6.07) is 6.27. The number of ether oxygens (including phenoxy) is 2. The Bertz CT molecular complexity index is 1570. The van der Waals surface area contributed by atoms with E-state index in [1.807, 2.05) is 91.1 Å². The molecule has 0 saturated heterocycles. The van der Waals surface area contributed by atoms with Crippen LogP contribution in [0.25, 0.3) is 0 Å². The predicted molar refractivity (Wildman–Crippen MR) is 230 cm³/mol. The van der Waals surface area contributed by atoms with Crippen LogP contribution < -0.4 is 10.6 Å². The van der Waals surface area contributed by atoms with E-state index in [2.05, 4.69) is 10.6 Å².